The van der Waals surface area contributed by atoms with Crippen LogP contribution in [-0.4, -0.2) is 15.7 Å². The third kappa shape index (κ3) is 4.25. The number of hydrogen-bond donors (Lipinski definition) is 1. The molecule has 1 N–H and O–H groups in total. The Morgan fingerprint density at radius 2 is 1.65 bits per heavy atom. The van der Waals surface area contributed by atoms with Crippen molar-refractivity contribution < 1.29 is 4.79 Å². The lowest BCUT2D eigenvalue weighted by Crippen LogP contribution is -2.25. The van der Waals surface area contributed by atoms with Gasteiger partial charge in [-0.15, -0.1) is 0 Å². The molecule has 0 spiro atoms. The van der Waals surface area contributed by atoms with E-state index < -0.39 is 0 Å². The number of rotatable bonds is 6. The quantitative estimate of drug-likeness (QED) is 0.434. The molecule has 5 heteroatoms. The molecule has 5 rings (SSSR count). The predicted octanol–water partition coefficient (Wildman–Crippen LogP) is 5.61. The van der Waals surface area contributed by atoms with E-state index >= 15 is 0 Å². The van der Waals surface area contributed by atoms with Crippen LogP contribution in [-0.2, 0) is 11.3 Å². The largest absolute Gasteiger partial charge is 0.352 e. The van der Waals surface area contributed by atoms with Crippen LogP contribution in [0.25, 0.3) is 16.9 Å². The third-order valence-electron chi connectivity index (χ3n) is 5.74. The van der Waals surface area contributed by atoms with Crippen LogP contribution in [0.2, 0.25) is 5.02 Å². The molecule has 2 atom stereocenters. The molecule has 2 unspecified atom stereocenters. The summed E-state index contributed by atoms with van der Waals surface area (Å²) in [5.74, 6) is 0.384. The van der Waals surface area contributed by atoms with E-state index in [1.165, 1.54) is 5.56 Å². The number of halogens is 1. The van der Waals surface area contributed by atoms with Crippen LogP contribution in [0.15, 0.2) is 91.1 Å². The first-order valence-electron chi connectivity index (χ1n) is 10.4. The highest BCUT2D eigenvalue weighted by Gasteiger charge is 2.43. The lowest BCUT2D eigenvalue weighted by atomic mass is 10.1. The van der Waals surface area contributed by atoms with E-state index in [0.717, 1.165) is 28.9 Å². The molecule has 1 aliphatic rings. The Labute approximate surface area is 186 Å². The maximum atomic E-state index is 12.8. The molecule has 1 heterocycles. The molecule has 0 radical (unpaired) electrons. The standard InChI is InChI=1S/C26H22ClN3O/c27-21-13-11-18(12-14-21)23-15-24(23)26(31)28-16-20-17-30(22-9-5-2-6-10-22)29-25(20)19-7-3-1-4-8-19/h1-14,17,23-24H,15-16H2,(H,28,31). The number of benzene rings is 3. The minimum Gasteiger partial charge on any atom is -0.352 e. The molecule has 1 aromatic heterocycles. The first-order chi connectivity index (χ1) is 15.2. The number of carbonyl (C=O) groups is 1. The molecule has 3 aromatic carbocycles. The normalized spacial score (nSPS) is 17.3. The van der Waals surface area contributed by atoms with Gasteiger partial charge in [0.05, 0.1) is 11.4 Å². The Morgan fingerprint density at radius 3 is 2.35 bits per heavy atom. The number of carbonyl (C=O) groups excluding carboxylic acids is 1. The van der Waals surface area contributed by atoms with Crippen molar-refractivity contribution in [1.29, 1.82) is 0 Å². The van der Waals surface area contributed by atoms with Gasteiger partial charge in [0.25, 0.3) is 0 Å². The zero-order valence-electron chi connectivity index (χ0n) is 16.9. The fourth-order valence-corrected chi connectivity index (χ4v) is 4.09. The minimum atomic E-state index is 0.0190. The fourth-order valence-electron chi connectivity index (χ4n) is 3.97. The Hall–Kier alpha value is -3.37. The average molecular weight is 428 g/mol. The summed E-state index contributed by atoms with van der Waals surface area (Å²) in [7, 11) is 0. The van der Waals surface area contributed by atoms with Crippen molar-refractivity contribution in [2.45, 2.75) is 18.9 Å². The molecule has 1 aliphatic carbocycles. The summed E-state index contributed by atoms with van der Waals surface area (Å²) in [6.07, 6.45) is 2.88. The molecule has 0 saturated heterocycles. The van der Waals surface area contributed by atoms with Crippen molar-refractivity contribution in [1.82, 2.24) is 15.1 Å². The van der Waals surface area contributed by atoms with Gasteiger partial charge < -0.3 is 5.32 Å². The molecular formula is C26H22ClN3O. The van der Waals surface area contributed by atoms with Crippen molar-refractivity contribution in [3.8, 4) is 16.9 Å². The Balaban J connectivity index is 1.33. The fraction of sp³-hybridized carbons (Fsp3) is 0.154. The summed E-state index contributed by atoms with van der Waals surface area (Å²) in [4.78, 5) is 12.8. The van der Waals surface area contributed by atoms with Crippen molar-refractivity contribution in [3.63, 3.8) is 0 Å². The van der Waals surface area contributed by atoms with Gasteiger partial charge in [-0.2, -0.15) is 5.10 Å². The molecule has 1 saturated carbocycles. The van der Waals surface area contributed by atoms with Crippen LogP contribution in [0.3, 0.4) is 0 Å². The summed E-state index contributed by atoms with van der Waals surface area (Å²) in [5, 5.41) is 8.66. The Morgan fingerprint density at radius 1 is 0.968 bits per heavy atom. The molecule has 4 nitrogen and oxygen atoms in total. The number of aromatic nitrogens is 2. The summed E-state index contributed by atoms with van der Waals surface area (Å²) in [5.41, 5.74) is 5.07. The van der Waals surface area contributed by atoms with E-state index in [1.807, 2.05) is 95.8 Å². The SMILES string of the molecule is O=C(NCc1cn(-c2ccccc2)nc1-c1ccccc1)C1CC1c1ccc(Cl)cc1. The van der Waals surface area contributed by atoms with Gasteiger partial charge >= 0.3 is 0 Å². The second-order valence-corrected chi connectivity index (χ2v) is 8.30. The Bertz CT molecular complexity index is 1190. The molecule has 31 heavy (non-hydrogen) atoms. The molecule has 0 aliphatic heterocycles. The second-order valence-electron chi connectivity index (χ2n) is 7.87. The predicted molar refractivity (Wildman–Crippen MR) is 123 cm³/mol. The van der Waals surface area contributed by atoms with Crippen LogP contribution < -0.4 is 5.32 Å². The number of amides is 1. The lowest BCUT2D eigenvalue weighted by molar-refractivity contribution is -0.122. The molecule has 154 valence electrons. The van der Waals surface area contributed by atoms with Crippen LogP contribution in [0.1, 0.15) is 23.5 Å². The van der Waals surface area contributed by atoms with Crippen molar-refractivity contribution in [2.24, 2.45) is 5.92 Å². The summed E-state index contributed by atoms with van der Waals surface area (Å²) < 4.78 is 1.87. The van der Waals surface area contributed by atoms with E-state index in [1.54, 1.807) is 0 Å². The maximum absolute atomic E-state index is 12.8. The van der Waals surface area contributed by atoms with E-state index in [9.17, 15) is 4.79 Å². The van der Waals surface area contributed by atoms with E-state index in [4.69, 9.17) is 16.7 Å². The van der Waals surface area contributed by atoms with Crippen LogP contribution in [0.4, 0.5) is 0 Å². The summed E-state index contributed by atoms with van der Waals surface area (Å²) in [6.45, 7) is 0.444. The molecule has 1 amide bonds. The minimum absolute atomic E-state index is 0.0190. The first-order valence-corrected chi connectivity index (χ1v) is 10.8. The number of nitrogens with zero attached hydrogens (tertiary/aromatic N) is 2. The van der Waals surface area contributed by atoms with Gasteiger partial charge in [-0.25, -0.2) is 4.68 Å². The van der Waals surface area contributed by atoms with Crippen molar-refractivity contribution >= 4 is 17.5 Å². The third-order valence-corrected chi connectivity index (χ3v) is 5.99. The number of para-hydroxylation sites is 1. The summed E-state index contributed by atoms with van der Waals surface area (Å²) in [6, 6.07) is 27.9. The smallest absolute Gasteiger partial charge is 0.224 e. The topological polar surface area (TPSA) is 46.9 Å². The van der Waals surface area contributed by atoms with Gasteiger partial charge in [0.2, 0.25) is 5.91 Å². The van der Waals surface area contributed by atoms with Crippen LogP contribution >= 0.6 is 11.6 Å². The number of hydrogen-bond acceptors (Lipinski definition) is 2. The monoisotopic (exact) mass is 427 g/mol. The molecule has 4 aromatic rings. The van der Waals surface area contributed by atoms with Crippen LogP contribution in [0.5, 0.6) is 0 Å². The highest BCUT2D eigenvalue weighted by atomic mass is 35.5. The lowest BCUT2D eigenvalue weighted by Gasteiger charge is -2.06. The van der Waals surface area contributed by atoms with Crippen molar-refractivity contribution in [3.05, 3.63) is 107 Å². The van der Waals surface area contributed by atoms with Gasteiger partial charge in [-0.1, -0.05) is 72.3 Å². The first kappa shape index (κ1) is 19.6. The van der Waals surface area contributed by atoms with Gasteiger partial charge in [-0.3, -0.25) is 4.79 Å². The molecule has 0 bridgehead atoms. The maximum Gasteiger partial charge on any atom is 0.224 e. The zero-order chi connectivity index (χ0) is 21.2. The molecular weight excluding hydrogens is 406 g/mol. The zero-order valence-corrected chi connectivity index (χ0v) is 17.7. The van der Waals surface area contributed by atoms with Gasteiger partial charge in [0, 0.05) is 34.8 Å². The van der Waals surface area contributed by atoms with E-state index in [0.29, 0.717) is 11.6 Å². The van der Waals surface area contributed by atoms with Gasteiger partial charge in [0.15, 0.2) is 0 Å². The second kappa shape index (κ2) is 8.40. The summed E-state index contributed by atoms with van der Waals surface area (Å²) >= 11 is 5.98. The van der Waals surface area contributed by atoms with Gasteiger partial charge in [-0.05, 0) is 42.2 Å². The highest BCUT2D eigenvalue weighted by Crippen LogP contribution is 2.47. The average Bonchev–Trinajstić information content (AvgIpc) is 3.50. The van der Waals surface area contributed by atoms with Crippen molar-refractivity contribution in [2.75, 3.05) is 0 Å². The number of nitrogens with one attached hydrogen (secondary N) is 1. The Kier molecular flexibility index (Phi) is 5.31. The van der Waals surface area contributed by atoms with Crippen LogP contribution in [0, 0.1) is 5.92 Å². The highest BCUT2D eigenvalue weighted by molar-refractivity contribution is 6.30. The van der Waals surface area contributed by atoms with E-state index in [-0.39, 0.29) is 17.7 Å². The molecule has 1 fully saturated rings. The van der Waals surface area contributed by atoms with E-state index in [2.05, 4.69) is 5.32 Å². The van der Waals surface area contributed by atoms with Gasteiger partial charge in [0.1, 0.15) is 0 Å².